The second kappa shape index (κ2) is 11.3. The Labute approximate surface area is 190 Å². The van der Waals surface area contributed by atoms with Crippen LogP contribution in [0.4, 0.5) is 11.4 Å². The number of rotatable bonds is 9. The average molecular weight is 444 g/mol. The molecule has 1 heterocycles. The van der Waals surface area contributed by atoms with Gasteiger partial charge in [0.05, 0.1) is 36.3 Å². The molecular weight excluding hydrogens is 406 g/mol. The van der Waals surface area contributed by atoms with Crippen LogP contribution in [0, 0.1) is 19.8 Å². The molecule has 2 unspecified atom stereocenters. The maximum Gasteiger partial charge on any atom is 0.128 e. The van der Waals surface area contributed by atoms with Gasteiger partial charge >= 0.3 is 0 Å². The number of aromatic nitrogens is 1. The highest BCUT2D eigenvalue weighted by molar-refractivity contribution is 8.27. The lowest BCUT2D eigenvalue weighted by Crippen LogP contribution is -2.13. The van der Waals surface area contributed by atoms with Crippen molar-refractivity contribution >= 4 is 32.8 Å². The van der Waals surface area contributed by atoms with E-state index >= 15 is 0 Å². The van der Waals surface area contributed by atoms with Crippen molar-refractivity contribution in [2.45, 2.75) is 59.1 Å². The zero-order valence-electron chi connectivity index (χ0n) is 20.0. The highest BCUT2D eigenvalue weighted by Gasteiger charge is 2.25. The second-order valence-corrected chi connectivity index (χ2v) is 9.92. The van der Waals surface area contributed by atoms with Gasteiger partial charge in [0.15, 0.2) is 0 Å². The number of pyridine rings is 1. The number of nitrogens with two attached hydrogens (primary N) is 1. The van der Waals surface area contributed by atoms with Crippen LogP contribution in [0.5, 0.6) is 11.5 Å². The van der Waals surface area contributed by atoms with E-state index in [9.17, 15) is 0 Å². The van der Waals surface area contributed by atoms with Crippen molar-refractivity contribution in [3.63, 3.8) is 0 Å². The van der Waals surface area contributed by atoms with Crippen LogP contribution in [0.25, 0.3) is 0 Å². The highest BCUT2D eigenvalue weighted by Crippen LogP contribution is 2.44. The molecule has 0 saturated heterocycles. The van der Waals surface area contributed by atoms with Crippen LogP contribution < -0.4 is 15.2 Å². The maximum absolute atomic E-state index is 6.23. The number of unbranched alkanes of at least 4 members (excludes halogenated alkanes) is 1. The summed E-state index contributed by atoms with van der Waals surface area (Å²) in [5, 5.41) is 1.21. The fourth-order valence-electron chi connectivity index (χ4n) is 3.68. The van der Waals surface area contributed by atoms with E-state index in [4.69, 9.17) is 25.2 Å². The first-order chi connectivity index (χ1) is 14.7. The van der Waals surface area contributed by atoms with Crippen LogP contribution in [0.1, 0.15) is 62.1 Å². The molecule has 1 aromatic carbocycles. The van der Waals surface area contributed by atoms with Gasteiger partial charge in [-0.05, 0) is 32.4 Å². The van der Waals surface area contributed by atoms with E-state index in [0.29, 0.717) is 5.69 Å². The van der Waals surface area contributed by atoms with Gasteiger partial charge in [-0.15, -0.1) is 10.5 Å². The molecule has 2 rings (SSSR count). The number of aryl methyl sites for hydroxylation is 1. The van der Waals surface area contributed by atoms with Crippen molar-refractivity contribution in [3.8, 4) is 11.5 Å². The lowest BCUT2D eigenvalue weighted by Gasteiger charge is -2.26. The Balaban J connectivity index is 2.59. The summed E-state index contributed by atoms with van der Waals surface area (Å²) >= 11 is 0. The molecule has 0 aliphatic rings. The average Bonchev–Trinajstić information content (AvgIpc) is 2.74. The molecule has 170 valence electrons. The van der Waals surface area contributed by atoms with Gasteiger partial charge in [0, 0.05) is 34.6 Å². The molecule has 0 saturated carbocycles. The predicted molar refractivity (Wildman–Crippen MR) is 137 cm³/mol. The molecule has 2 aromatic rings. The fraction of sp³-hybridized carbons (Fsp3) is 0.480. The molecule has 0 spiro atoms. The topological polar surface area (TPSA) is 69.7 Å². The third-order valence-electron chi connectivity index (χ3n) is 5.38. The third kappa shape index (κ3) is 5.88. The minimum Gasteiger partial charge on any atom is -0.497 e. The van der Waals surface area contributed by atoms with Gasteiger partial charge in [-0.2, -0.15) is 0 Å². The second-order valence-electron chi connectivity index (χ2n) is 8.07. The van der Waals surface area contributed by atoms with Crippen molar-refractivity contribution < 1.29 is 9.47 Å². The largest absolute Gasteiger partial charge is 0.497 e. The van der Waals surface area contributed by atoms with Crippen LogP contribution >= 0.6 is 10.5 Å². The summed E-state index contributed by atoms with van der Waals surface area (Å²) in [6.07, 6.45) is 5.13. The van der Waals surface area contributed by atoms with Crippen molar-refractivity contribution in [1.29, 1.82) is 0 Å². The van der Waals surface area contributed by atoms with E-state index in [1.165, 1.54) is 0 Å². The molecule has 5 nitrogen and oxygen atoms in total. The number of benzene rings is 1. The molecule has 2 N–H and O–H groups in total. The van der Waals surface area contributed by atoms with Crippen LogP contribution in [-0.4, -0.2) is 30.1 Å². The predicted octanol–water partition coefficient (Wildman–Crippen LogP) is 6.62. The summed E-state index contributed by atoms with van der Waals surface area (Å²) in [6, 6.07) is 5.57. The van der Waals surface area contributed by atoms with Gasteiger partial charge in [-0.3, -0.25) is 4.98 Å². The van der Waals surface area contributed by atoms with Crippen LogP contribution in [0.2, 0.25) is 0 Å². The number of hydrogen-bond acceptors (Lipinski definition) is 5. The number of aliphatic imine (C=N–C) groups is 1. The summed E-state index contributed by atoms with van der Waals surface area (Å²) in [5.74, 6) is 6.49. The molecule has 1 aromatic heterocycles. The number of anilines is 1. The van der Waals surface area contributed by atoms with E-state index in [1.807, 2.05) is 31.3 Å². The highest BCUT2D eigenvalue weighted by atomic mass is 32.2. The molecule has 31 heavy (non-hydrogen) atoms. The van der Waals surface area contributed by atoms with Gasteiger partial charge in [0.25, 0.3) is 0 Å². The van der Waals surface area contributed by atoms with E-state index in [-0.39, 0.29) is 21.7 Å². The van der Waals surface area contributed by atoms with Crippen molar-refractivity contribution in [1.82, 2.24) is 4.98 Å². The minimum atomic E-state index is -0.387. The molecule has 2 atom stereocenters. The van der Waals surface area contributed by atoms with Crippen molar-refractivity contribution in [3.05, 3.63) is 41.2 Å². The Hall–Kier alpha value is -2.34. The summed E-state index contributed by atoms with van der Waals surface area (Å²) in [5.41, 5.74) is 10.8. The molecule has 0 aliphatic carbocycles. The quantitative estimate of drug-likeness (QED) is 0.205. The Morgan fingerprint density at radius 2 is 1.94 bits per heavy atom. The van der Waals surface area contributed by atoms with Crippen molar-refractivity contribution in [2.75, 3.05) is 20.0 Å². The zero-order chi connectivity index (χ0) is 23.1. The maximum atomic E-state index is 6.23. The molecule has 0 amide bonds. The molecule has 0 fully saturated rings. The Bertz CT molecular complexity index is 954. The summed E-state index contributed by atoms with van der Waals surface area (Å²) in [6.45, 7) is 10.7. The molecule has 0 bridgehead atoms. The molecule has 0 radical (unpaired) electrons. The minimum absolute atomic E-state index is 0.169. The Morgan fingerprint density at radius 1 is 1.23 bits per heavy atom. The van der Waals surface area contributed by atoms with Crippen LogP contribution in [-0.2, 0) is 0 Å². The van der Waals surface area contributed by atoms with E-state index in [1.54, 1.807) is 14.2 Å². The van der Waals surface area contributed by atoms with Crippen LogP contribution in [0.3, 0.4) is 0 Å². The number of ether oxygens (including phenoxy) is 2. The van der Waals surface area contributed by atoms with Gasteiger partial charge in [-0.25, -0.2) is 4.99 Å². The van der Waals surface area contributed by atoms with Gasteiger partial charge in [0.1, 0.15) is 11.5 Å². The Kier molecular flexibility index (Phi) is 9.11. The standard InChI is InChI=1S/C25H37N3O2S/c1-9-10-11-22(23-18(5)24(30-7)17(4)15-27-23)31(8)25(16(2)3)28-21-14-19(29-6)12-13-20(21)26/h12-16,22H,8-11,26H2,1-7H3. The number of hydrogen-bond donors (Lipinski definition) is 1. The number of nitrogen functional groups attached to an aromatic ring is 1. The summed E-state index contributed by atoms with van der Waals surface area (Å²) in [7, 11) is 2.98. The Morgan fingerprint density at radius 3 is 2.52 bits per heavy atom. The van der Waals surface area contributed by atoms with E-state index in [0.717, 1.165) is 58.3 Å². The van der Waals surface area contributed by atoms with E-state index in [2.05, 4.69) is 33.6 Å². The lowest BCUT2D eigenvalue weighted by atomic mass is 10.0. The van der Waals surface area contributed by atoms with E-state index < -0.39 is 0 Å². The van der Waals surface area contributed by atoms with Gasteiger partial charge in [-0.1, -0.05) is 39.5 Å². The normalized spacial score (nSPS) is 13.9. The summed E-state index contributed by atoms with van der Waals surface area (Å²) in [4.78, 5) is 9.85. The monoisotopic (exact) mass is 443 g/mol. The smallest absolute Gasteiger partial charge is 0.128 e. The SMILES string of the molecule is C=S(C(=Nc1cc(OC)ccc1N)C(C)C)C(CCCC)c1ncc(C)c(OC)c1C. The lowest BCUT2D eigenvalue weighted by molar-refractivity contribution is 0.406. The first-order valence-electron chi connectivity index (χ1n) is 10.8. The molecular formula is C25H37N3O2S. The third-order valence-corrected chi connectivity index (χ3v) is 7.63. The molecule has 6 heteroatoms. The van der Waals surface area contributed by atoms with Crippen molar-refractivity contribution in [2.24, 2.45) is 10.9 Å². The number of methoxy groups -OCH3 is 2. The van der Waals surface area contributed by atoms with Gasteiger partial charge < -0.3 is 15.2 Å². The first-order valence-corrected chi connectivity index (χ1v) is 12.3. The first kappa shape index (κ1) is 24.9. The fourth-order valence-corrected chi connectivity index (χ4v) is 5.75. The number of nitrogens with zero attached hydrogens (tertiary/aromatic N) is 2. The van der Waals surface area contributed by atoms with Crippen LogP contribution in [0.15, 0.2) is 29.4 Å². The van der Waals surface area contributed by atoms with Gasteiger partial charge in [0.2, 0.25) is 0 Å². The zero-order valence-corrected chi connectivity index (χ0v) is 20.8. The summed E-state index contributed by atoms with van der Waals surface area (Å²) < 4.78 is 11.1. The molecule has 0 aliphatic heterocycles.